The second kappa shape index (κ2) is 6.25. The summed E-state index contributed by atoms with van der Waals surface area (Å²) in [7, 11) is 2.15. The van der Waals surface area contributed by atoms with Gasteiger partial charge in [-0.15, -0.1) is 0 Å². The van der Waals surface area contributed by atoms with Crippen LogP contribution in [0.25, 0.3) is 22.6 Å². The third kappa shape index (κ3) is 3.20. The van der Waals surface area contributed by atoms with Gasteiger partial charge in [-0.1, -0.05) is 0 Å². The number of hydrogen-bond donors (Lipinski definition) is 0. The molecule has 0 unspecified atom stereocenters. The predicted molar refractivity (Wildman–Crippen MR) is 103 cm³/mol. The quantitative estimate of drug-likeness (QED) is 0.479. The molecule has 0 N–H and O–H groups in total. The van der Waals surface area contributed by atoms with E-state index in [1.807, 2.05) is 6.92 Å². The molecule has 1 aromatic carbocycles. The molecule has 2 nitrogen and oxygen atoms in total. The van der Waals surface area contributed by atoms with Gasteiger partial charge in [-0.05, 0) is 0 Å². The Labute approximate surface area is 147 Å². The number of aryl methyl sites for hydroxylation is 3. The summed E-state index contributed by atoms with van der Waals surface area (Å²) in [6.45, 7) is 4.18. The van der Waals surface area contributed by atoms with Crippen molar-refractivity contribution in [1.29, 1.82) is 0 Å². The number of rotatable bonds is 3. The van der Waals surface area contributed by atoms with Crippen LogP contribution in [-0.2, 0) is 7.05 Å². The molecule has 0 atom stereocenters. The van der Waals surface area contributed by atoms with Gasteiger partial charge in [-0.2, -0.15) is 0 Å². The van der Waals surface area contributed by atoms with E-state index >= 15 is 0 Å². The Hall–Kier alpha value is -1.81. The van der Waals surface area contributed by atoms with E-state index in [9.17, 15) is 0 Å². The zero-order chi connectivity index (χ0) is 17.5. The van der Waals surface area contributed by atoms with E-state index in [4.69, 9.17) is 4.42 Å². The number of benzene rings is 1. The normalized spacial score (nSPS) is 11.8. The van der Waals surface area contributed by atoms with Gasteiger partial charge >= 0.3 is 147 Å². The second-order valence-corrected chi connectivity index (χ2v) is 18.1. The van der Waals surface area contributed by atoms with E-state index in [-0.39, 0.29) is 0 Å². The van der Waals surface area contributed by atoms with Gasteiger partial charge in [-0.25, -0.2) is 0 Å². The van der Waals surface area contributed by atoms with Crippen LogP contribution in [0.2, 0.25) is 17.3 Å². The van der Waals surface area contributed by atoms with Gasteiger partial charge < -0.3 is 0 Å². The summed E-state index contributed by atoms with van der Waals surface area (Å²) in [5.41, 5.74) is 5.05. The Bertz CT molecular complexity index is 887. The number of furan rings is 1. The van der Waals surface area contributed by atoms with E-state index in [1.54, 1.807) is 0 Å². The van der Waals surface area contributed by atoms with Crippen molar-refractivity contribution < 1.29 is 8.98 Å². The first-order chi connectivity index (χ1) is 11.3. The summed E-state index contributed by atoms with van der Waals surface area (Å²) in [5.74, 6) is 9.24. The minimum absolute atomic E-state index is 0.961. The van der Waals surface area contributed by atoms with Crippen molar-refractivity contribution in [2.75, 3.05) is 0 Å². The molecule has 0 fully saturated rings. The van der Waals surface area contributed by atoms with Gasteiger partial charge in [0.2, 0.25) is 0 Å². The zero-order valence-corrected chi connectivity index (χ0v) is 17.6. The number of hydrogen-bond acceptors (Lipinski definition) is 1. The van der Waals surface area contributed by atoms with Crippen molar-refractivity contribution in [3.05, 3.63) is 60.0 Å². The molecule has 0 saturated carbocycles. The molecule has 0 saturated heterocycles. The number of pyridine rings is 1. The first-order valence-corrected chi connectivity index (χ1v) is 15.8. The Kier molecular flexibility index (Phi) is 4.43. The molecule has 0 aliphatic rings. The van der Waals surface area contributed by atoms with Gasteiger partial charge in [0.1, 0.15) is 0 Å². The zero-order valence-electron chi connectivity index (χ0n) is 15.5. The van der Waals surface area contributed by atoms with Crippen molar-refractivity contribution in [1.82, 2.24) is 0 Å². The molecule has 2 heterocycles. The molecule has 124 valence electrons. The van der Waals surface area contributed by atoms with Crippen LogP contribution in [0.5, 0.6) is 0 Å². The van der Waals surface area contributed by atoms with Crippen LogP contribution in [0.4, 0.5) is 0 Å². The summed E-state index contributed by atoms with van der Waals surface area (Å²) in [6, 6.07) is 15.0. The van der Waals surface area contributed by atoms with E-state index in [0.717, 1.165) is 11.5 Å². The van der Waals surface area contributed by atoms with Gasteiger partial charge in [0, 0.05) is 0 Å². The molecule has 0 aliphatic carbocycles. The average Bonchev–Trinajstić information content (AvgIpc) is 2.93. The van der Waals surface area contributed by atoms with Crippen LogP contribution in [0.1, 0.15) is 11.3 Å². The number of nitrogens with zero attached hydrogens (tertiary/aromatic N) is 1. The molecule has 3 heteroatoms. The third-order valence-corrected chi connectivity index (χ3v) is 8.74. The van der Waals surface area contributed by atoms with Crippen LogP contribution < -0.4 is 8.96 Å². The molecular weight excluding hydrogens is 355 g/mol. The molecular formula is C21H26GeNO+. The van der Waals surface area contributed by atoms with Crippen LogP contribution in [-0.4, -0.2) is 13.3 Å². The summed E-state index contributed by atoms with van der Waals surface area (Å²) < 4.78 is 9.73. The molecule has 0 aliphatic heterocycles. The number of aromatic nitrogens is 1. The summed E-state index contributed by atoms with van der Waals surface area (Å²) in [5, 5.41) is 0. The van der Waals surface area contributed by atoms with Crippen LogP contribution in [0.3, 0.4) is 0 Å². The first-order valence-electron chi connectivity index (χ1n) is 8.44. The fraction of sp³-hybridized carbons (Fsp3) is 0.286. The Morgan fingerprint density at radius 1 is 0.917 bits per heavy atom. The van der Waals surface area contributed by atoms with Gasteiger partial charge in [-0.3, -0.25) is 0 Å². The van der Waals surface area contributed by atoms with Gasteiger partial charge in [0.15, 0.2) is 0 Å². The van der Waals surface area contributed by atoms with Crippen molar-refractivity contribution in [2.45, 2.75) is 31.1 Å². The topological polar surface area (TPSA) is 17.0 Å². The maximum atomic E-state index is 5.99. The molecule has 0 spiro atoms. The Morgan fingerprint density at radius 3 is 2.21 bits per heavy atom. The predicted octanol–water partition coefficient (Wildman–Crippen LogP) is 4.60. The van der Waals surface area contributed by atoms with Crippen LogP contribution in [0, 0.1) is 13.8 Å². The molecule has 3 aromatic rings. The summed E-state index contributed by atoms with van der Waals surface area (Å²) in [4.78, 5) is 0. The Balaban J connectivity index is 2.29. The van der Waals surface area contributed by atoms with E-state index in [1.165, 1.54) is 26.8 Å². The summed E-state index contributed by atoms with van der Waals surface area (Å²) >= 11 is -2.04. The maximum absolute atomic E-state index is 5.99. The van der Waals surface area contributed by atoms with Crippen molar-refractivity contribution >= 4 is 17.7 Å². The first kappa shape index (κ1) is 17.0. The molecule has 24 heavy (non-hydrogen) atoms. The van der Waals surface area contributed by atoms with Crippen LogP contribution in [0.15, 0.2) is 53.1 Å². The van der Waals surface area contributed by atoms with Gasteiger partial charge in [0.05, 0.1) is 0 Å². The minimum atomic E-state index is -2.04. The van der Waals surface area contributed by atoms with Crippen LogP contribution >= 0.6 is 0 Å². The average molecular weight is 381 g/mol. The standard InChI is InChI=1S/C21H26GeNO/c1-15-9-7-8-10-17(15)20-13-18(21-12-11-16(2)24-21)19(14-23(20)6)22(3,4)5/h7-14H,1-6H3/q+1. The van der Waals surface area contributed by atoms with E-state index in [0.29, 0.717) is 0 Å². The van der Waals surface area contributed by atoms with Gasteiger partial charge in [0.25, 0.3) is 0 Å². The van der Waals surface area contributed by atoms with Crippen molar-refractivity contribution in [3.63, 3.8) is 0 Å². The van der Waals surface area contributed by atoms with Crippen molar-refractivity contribution in [3.8, 4) is 22.6 Å². The molecule has 2 aromatic heterocycles. The summed E-state index contributed by atoms with van der Waals surface area (Å²) in [6.07, 6.45) is 2.33. The molecule has 0 bridgehead atoms. The fourth-order valence-corrected chi connectivity index (χ4v) is 6.48. The molecule has 0 amide bonds. The Morgan fingerprint density at radius 2 is 1.62 bits per heavy atom. The van der Waals surface area contributed by atoms with E-state index < -0.39 is 13.3 Å². The van der Waals surface area contributed by atoms with E-state index in [2.05, 4.69) is 84.5 Å². The SMILES string of the molecule is Cc1ccc(-c2cc(-c3ccccc3C)[n+](C)c[c]2[Ge]([CH3])([CH3])[CH3])o1. The monoisotopic (exact) mass is 382 g/mol. The second-order valence-electron chi connectivity index (χ2n) is 7.57. The molecule has 0 radical (unpaired) electrons. The van der Waals surface area contributed by atoms with Crippen molar-refractivity contribution in [2.24, 2.45) is 7.05 Å². The molecule has 3 rings (SSSR count). The fourth-order valence-electron chi connectivity index (χ4n) is 3.16. The third-order valence-electron chi connectivity index (χ3n) is 4.51.